The van der Waals surface area contributed by atoms with E-state index < -0.39 is 0 Å². The van der Waals surface area contributed by atoms with Gasteiger partial charge in [0.15, 0.2) is 0 Å². The molecule has 0 heterocycles. The Balaban J connectivity index is 1.72. The highest BCUT2D eigenvalue weighted by molar-refractivity contribution is 5.73. The highest BCUT2D eigenvalue weighted by Crippen LogP contribution is 2.50. The number of ether oxygens (including phenoxy) is 1. The Bertz CT molecular complexity index is 492. The van der Waals surface area contributed by atoms with Crippen LogP contribution in [0.25, 0.3) is 0 Å². The molecule has 2 aliphatic carbocycles. The third-order valence-electron chi connectivity index (χ3n) is 6.58. The maximum atomic E-state index is 12.7. The molecule has 132 valence electrons. The summed E-state index contributed by atoms with van der Waals surface area (Å²) in [6.45, 7) is 2.39. The highest BCUT2D eigenvalue weighted by atomic mass is 16.5. The zero-order valence-electron chi connectivity index (χ0n) is 15.1. The Hall–Kier alpha value is -1.31. The van der Waals surface area contributed by atoms with Crippen LogP contribution in [0.2, 0.25) is 0 Å². The van der Waals surface area contributed by atoms with Crippen LogP contribution < -0.4 is 4.74 Å². The number of benzene rings is 1. The fourth-order valence-electron chi connectivity index (χ4n) is 5.11. The van der Waals surface area contributed by atoms with Gasteiger partial charge >= 0.3 is 5.97 Å². The summed E-state index contributed by atoms with van der Waals surface area (Å²) in [6, 6.07) is 9.53. The Kier molecular flexibility index (Phi) is 5.97. The molecule has 2 heteroatoms. The summed E-state index contributed by atoms with van der Waals surface area (Å²) >= 11 is 0. The SMILES string of the molecule is CC(CC(=O)Oc1ccccc1)(C1CCCCC1)C1CCCCC1. The predicted molar refractivity (Wildman–Crippen MR) is 98.0 cm³/mol. The number of para-hydroxylation sites is 1. The molecule has 0 unspecified atom stereocenters. The highest BCUT2D eigenvalue weighted by Gasteiger charge is 2.43. The Morgan fingerprint density at radius 2 is 1.42 bits per heavy atom. The molecule has 0 radical (unpaired) electrons. The van der Waals surface area contributed by atoms with Gasteiger partial charge in [-0.15, -0.1) is 0 Å². The van der Waals surface area contributed by atoms with Gasteiger partial charge in [0.2, 0.25) is 0 Å². The Morgan fingerprint density at radius 1 is 0.917 bits per heavy atom. The van der Waals surface area contributed by atoms with Crippen LogP contribution >= 0.6 is 0 Å². The molecular weight excluding hydrogens is 296 g/mol. The third-order valence-corrected chi connectivity index (χ3v) is 6.58. The van der Waals surface area contributed by atoms with Crippen LogP contribution in [-0.4, -0.2) is 5.97 Å². The van der Waals surface area contributed by atoms with Crippen LogP contribution in [0.1, 0.15) is 77.6 Å². The van der Waals surface area contributed by atoms with Gasteiger partial charge in [-0.1, -0.05) is 63.6 Å². The molecule has 2 fully saturated rings. The first-order valence-electron chi connectivity index (χ1n) is 9.94. The van der Waals surface area contributed by atoms with Crippen LogP contribution in [-0.2, 0) is 4.79 Å². The van der Waals surface area contributed by atoms with E-state index in [0.29, 0.717) is 24.0 Å². The van der Waals surface area contributed by atoms with Crippen LogP contribution in [0.4, 0.5) is 0 Å². The van der Waals surface area contributed by atoms with Crippen molar-refractivity contribution < 1.29 is 9.53 Å². The van der Waals surface area contributed by atoms with Gasteiger partial charge in [-0.05, 0) is 55.1 Å². The Morgan fingerprint density at radius 3 is 1.92 bits per heavy atom. The molecule has 0 aromatic heterocycles. The fourth-order valence-corrected chi connectivity index (χ4v) is 5.11. The number of rotatable bonds is 5. The van der Waals surface area contributed by atoms with Crippen molar-refractivity contribution in [2.75, 3.05) is 0 Å². The van der Waals surface area contributed by atoms with Gasteiger partial charge < -0.3 is 4.74 Å². The zero-order valence-corrected chi connectivity index (χ0v) is 15.1. The van der Waals surface area contributed by atoms with Crippen molar-refractivity contribution in [3.63, 3.8) is 0 Å². The predicted octanol–water partition coefficient (Wildman–Crippen LogP) is 6.15. The maximum Gasteiger partial charge on any atom is 0.311 e. The topological polar surface area (TPSA) is 26.3 Å². The van der Waals surface area contributed by atoms with Gasteiger partial charge in [0.25, 0.3) is 0 Å². The van der Waals surface area contributed by atoms with Crippen molar-refractivity contribution in [2.24, 2.45) is 17.3 Å². The molecule has 24 heavy (non-hydrogen) atoms. The molecule has 0 N–H and O–H groups in total. The molecule has 3 rings (SSSR count). The number of hydrogen-bond donors (Lipinski definition) is 0. The summed E-state index contributed by atoms with van der Waals surface area (Å²) in [5.41, 5.74) is 0.118. The molecule has 0 aliphatic heterocycles. The second kappa shape index (κ2) is 8.18. The van der Waals surface area contributed by atoms with Crippen LogP contribution in [0.5, 0.6) is 5.75 Å². The summed E-state index contributed by atoms with van der Waals surface area (Å²) in [4.78, 5) is 12.7. The largest absolute Gasteiger partial charge is 0.427 e. The lowest BCUT2D eigenvalue weighted by atomic mass is 9.58. The van der Waals surface area contributed by atoms with Crippen molar-refractivity contribution in [1.29, 1.82) is 0 Å². The van der Waals surface area contributed by atoms with Gasteiger partial charge in [-0.25, -0.2) is 0 Å². The summed E-state index contributed by atoms with van der Waals surface area (Å²) < 4.78 is 5.65. The van der Waals surface area contributed by atoms with Crippen molar-refractivity contribution in [2.45, 2.75) is 77.6 Å². The van der Waals surface area contributed by atoms with E-state index >= 15 is 0 Å². The average molecular weight is 328 g/mol. The van der Waals surface area contributed by atoms with Gasteiger partial charge in [-0.3, -0.25) is 4.79 Å². The van der Waals surface area contributed by atoms with E-state index in [1.807, 2.05) is 30.3 Å². The normalized spacial score (nSPS) is 20.7. The number of hydrogen-bond acceptors (Lipinski definition) is 2. The molecule has 2 saturated carbocycles. The van der Waals surface area contributed by atoms with Gasteiger partial charge in [-0.2, -0.15) is 0 Å². The van der Waals surface area contributed by atoms with Crippen LogP contribution in [0.15, 0.2) is 30.3 Å². The Labute approximate surface area is 147 Å². The second-order valence-electron chi connectivity index (χ2n) is 8.14. The van der Waals surface area contributed by atoms with E-state index in [1.165, 1.54) is 64.2 Å². The van der Waals surface area contributed by atoms with E-state index in [9.17, 15) is 4.79 Å². The molecule has 1 aromatic rings. The zero-order chi connectivity index (χ0) is 16.8. The quantitative estimate of drug-likeness (QED) is 0.478. The minimum Gasteiger partial charge on any atom is -0.427 e. The van der Waals surface area contributed by atoms with E-state index in [1.54, 1.807) is 0 Å². The molecular formula is C22H32O2. The average Bonchev–Trinajstić information content (AvgIpc) is 2.64. The first-order valence-corrected chi connectivity index (χ1v) is 9.94. The fraction of sp³-hybridized carbons (Fsp3) is 0.682. The van der Waals surface area contributed by atoms with Crippen molar-refractivity contribution in [3.8, 4) is 5.75 Å². The number of esters is 1. The van der Waals surface area contributed by atoms with E-state index in [0.717, 1.165) is 0 Å². The summed E-state index contributed by atoms with van der Waals surface area (Å²) in [7, 11) is 0. The third kappa shape index (κ3) is 4.20. The maximum absolute atomic E-state index is 12.7. The number of carbonyl (C=O) groups excluding carboxylic acids is 1. The first-order chi connectivity index (χ1) is 11.7. The summed E-state index contributed by atoms with van der Waals surface area (Å²) in [5, 5.41) is 0. The minimum absolute atomic E-state index is 0.0418. The molecule has 2 aliphatic rings. The smallest absolute Gasteiger partial charge is 0.311 e. The first kappa shape index (κ1) is 17.5. The molecule has 1 aromatic carbocycles. The van der Waals surface area contributed by atoms with Crippen LogP contribution in [0.3, 0.4) is 0 Å². The van der Waals surface area contributed by atoms with E-state index in [-0.39, 0.29) is 11.4 Å². The molecule has 0 amide bonds. The summed E-state index contributed by atoms with van der Waals surface area (Å²) in [5.74, 6) is 2.02. The van der Waals surface area contributed by atoms with Crippen molar-refractivity contribution in [1.82, 2.24) is 0 Å². The lowest BCUT2D eigenvalue weighted by Crippen LogP contribution is -2.40. The molecule has 2 nitrogen and oxygen atoms in total. The van der Waals surface area contributed by atoms with Gasteiger partial charge in [0.05, 0.1) is 6.42 Å². The molecule has 0 saturated heterocycles. The molecule has 0 bridgehead atoms. The molecule has 0 spiro atoms. The van der Waals surface area contributed by atoms with E-state index in [2.05, 4.69) is 6.92 Å². The lowest BCUT2D eigenvalue weighted by molar-refractivity contribution is -0.140. The van der Waals surface area contributed by atoms with E-state index in [4.69, 9.17) is 4.74 Å². The minimum atomic E-state index is -0.0418. The monoisotopic (exact) mass is 328 g/mol. The lowest BCUT2D eigenvalue weighted by Gasteiger charge is -2.46. The van der Waals surface area contributed by atoms with Gasteiger partial charge in [0, 0.05) is 0 Å². The van der Waals surface area contributed by atoms with Crippen molar-refractivity contribution in [3.05, 3.63) is 30.3 Å². The van der Waals surface area contributed by atoms with Crippen molar-refractivity contribution >= 4 is 5.97 Å². The second-order valence-corrected chi connectivity index (χ2v) is 8.14. The van der Waals surface area contributed by atoms with Crippen LogP contribution in [0, 0.1) is 17.3 Å². The molecule has 0 atom stereocenters. The van der Waals surface area contributed by atoms with Gasteiger partial charge in [0.1, 0.15) is 5.75 Å². The summed E-state index contributed by atoms with van der Waals surface area (Å²) in [6.07, 6.45) is 13.8. The standard InChI is InChI=1S/C22H32O2/c1-22(18-11-5-2-6-12-18,19-13-7-3-8-14-19)17-21(23)24-20-15-9-4-10-16-20/h4,9-10,15-16,18-19H,2-3,5-8,11-14,17H2,1H3. The number of carbonyl (C=O) groups is 1.